The number of hydrogen-bond acceptors (Lipinski definition) is 7. The number of benzene rings is 3. The van der Waals surface area contributed by atoms with E-state index in [0.717, 1.165) is 15.9 Å². The maximum absolute atomic E-state index is 12.3. The molecule has 0 aliphatic heterocycles. The Bertz CT molecular complexity index is 1200. The first-order valence-corrected chi connectivity index (χ1v) is 11.0. The minimum Gasteiger partial charge on any atom is -0.454 e. The number of ether oxygens (including phenoxy) is 1. The second-order valence-electron chi connectivity index (χ2n) is 7.07. The summed E-state index contributed by atoms with van der Waals surface area (Å²) in [5.74, 6) is -2.03. The smallest absolute Gasteiger partial charge is 0.328 e. The fraction of sp³-hybridized carbons (Fsp3) is 0.125. The SMILES string of the molecule is CC(NC(=O)c1cccc([N+](=O)[O-])c1)C(=O)OCC(=O)Nc1ccccc1Sc1ccccc1. The van der Waals surface area contributed by atoms with Crippen LogP contribution in [-0.2, 0) is 14.3 Å². The van der Waals surface area contributed by atoms with Crippen LogP contribution in [-0.4, -0.2) is 35.4 Å². The summed E-state index contributed by atoms with van der Waals surface area (Å²) in [6.07, 6.45) is 0. The largest absolute Gasteiger partial charge is 0.454 e. The molecule has 0 heterocycles. The number of anilines is 1. The van der Waals surface area contributed by atoms with Crippen LogP contribution < -0.4 is 10.6 Å². The van der Waals surface area contributed by atoms with Crippen LogP contribution in [0.15, 0.2) is 88.7 Å². The van der Waals surface area contributed by atoms with Gasteiger partial charge in [0.2, 0.25) is 0 Å². The molecular formula is C24H21N3O6S. The summed E-state index contributed by atoms with van der Waals surface area (Å²) >= 11 is 1.48. The second kappa shape index (κ2) is 11.6. The van der Waals surface area contributed by atoms with Crippen LogP contribution in [0.4, 0.5) is 11.4 Å². The van der Waals surface area contributed by atoms with Crippen molar-refractivity contribution < 1.29 is 24.0 Å². The number of amides is 2. The topological polar surface area (TPSA) is 128 Å². The number of rotatable bonds is 9. The highest BCUT2D eigenvalue weighted by Gasteiger charge is 2.20. The zero-order valence-corrected chi connectivity index (χ0v) is 18.9. The van der Waals surface area contributed by atoms with Gasteiger partial charge in [-0.3, -0.25) is 19.7 Å². The van der Waals surface area contributed by atoms with E-state index in [9.17, 15) is 24.5 Å². The number of nitrogens with one attached hydrogen (secondary N) is 2. The van der Waals surface area contributed by atoms with Gasteiger partial charge in [0.05, 0.1) is 10.6 Å². The van der Waals surface area contributed by atoms with E-state index < -0.39 is 35.4 Å². The van der Waals surface area contributed by atoms with Crippen LogP contribution in [0.5, 0.6) is 0 Å². The van der Waals surface area contributed by atoms with Crippen molar-refractivity contribution >= 4 is 40.9 Å². The quantitative estimate of drug-likeness (QED) is 0.269. The molecule has 0 aliphatic rings. The molecule has 0 radical (unpaired) electrons. The van der Waals surface area contributed by atoms with E-state index in [1.807, 2.05) is 42.5 Å². The lowest BCUT2D eigenvalue weighted by Gasteiger charge is -2.14. The van der Waals surface area contributed by atoms with E-state index in [-0.39, 0.29) is 11.3 Å². The molecule has 34 heavy (non-hydrogen) atoms. The molecule has 0 saturated carbocycles. The van der Waals surface area contributed by atoms with Crippen molar-refractivity contribution in [2.24, 2.45) is 0 Å². The molecule has 174 valence electrons. The number of hydrogen-bond donors (Lipinski definition) is 2. The highest BCUT2D eigenvalue weighted by atomic mass is 32.2. The Morgan fingerprint density at radius 2 is 1.71 bits per heavy atom. The summed E-state index contributed by atoms with van der Waals surface area (Å²) in [5.41, 5.74) is 0.355. The predicted molar refractivity (Wildman–Crippen MR) is 127 cm³/mol. The molecule has 0 fully saturated rings. The summed E-state index contributed by atoms with van der Waals surface area (Å²) in [7, 11) is 0. The molecule has 3 rings (SSSR count). The van der Waals surface area contributed by atoms with Gasteiger partial charge >= 0.3 is 5.97 Å². The number of nitrogens with zero attached hydrogens (tertiary/aromatic N) is 1. The van der Waals surface area contributed by atoms with Crippen LogP contribution in [0, 0.1) is 10.1 Å². The zero-order chi connectivity index (χ0) is 24.5. The molecule has 2 amide bonds. The molecule has 3 aromatic rings. The summed E-state index contributed by atoms with van der Waals surface area (Å²) in [5, 5.41) is 16.0. The standard InChI is InChI=1S/C24H21N3O6S/c1-16(25-23(29)17-8-7-9-18(14-17)27(31)32)24(30)33-15-22(28)26-20-12-5-6-13-21(20)34-19-10-3-2-4-11-19/h2-14,16H,15H2,1H3,(H,25,29)(H,26,28). The third-order valence-corrected chi connectivity index (χ3v) is 5.58. The Morgan fingerprint density at radius 3 is 2.44 bits per heavy atom. The Kier molecular flexibility index (Phi) is 8.36. The van der Waals surface area contributed by atoms with Crippen molar-refractivity contribution in [3.05, 3.63) is 94.5 Å². The minimum absolute atomic E-state index is 0.0270. The highest BCUT2D eigenvalue weighted by Crippen LogP contribution is 2.33. The van der Waals surface area contributed by atoms with E-state index in [2.05, 4.69) is 10.6 Å². The van der Waals surface area contributed by atoms with Crippen LogP contribution in [0.3, 0.4) is 0 Å². The van der Waals surface area contributed by atoms with Crippen molar-refractivity contribution in [2.45, 2.75) is 22.8 Å². The molecule has 0 bridgehead atoms. The van der Waals surface area contributed by atoms with E-state index in [0.29, 0.717) is 5.69 Å². The van der Waals surface area contributed by atoms with E-state index in [4.69, 9.17) is 4.74 Å². The highest BCUT2D eigenvalue weighted by molar-refractivity contribution is 7.99. The van der Waals surface area contributed by atoms with E-state index in [1.165, 1.54) is 36.9 Å². The van der Waals surface area contributed by atoms with Gasteiger partial charge in [-0.15, -0.1) is 0 Å². The molecule has 2 N–H and O–H groups in total. The molecule has 9 nitrogen and oxygen atoms in total. The fourth-order valence-corrected chi connectivity index (χ4v) is 3.74. The van der Waals surface area contributed by atoms with Crippen molar-refractivity contribution in [3.8, 4) is 0 Å². The van der Waals surface area contributed by atoms with Crippen molar-refractivity contribution in [1.82, 2.24) is 5.32 Å². The number of para-hydroxylation sites is 1. The molecule has 0 saturated heterocycles. The van der Waals surface area contributed by atoms with Gasteiger partial charge in [-0.1, -0.05) is 48.2 Å². The number of nitro benzene ring substituents is 1. The lowest BCUT2D eigenvalue weighted by molar-refractivity contribution is -0.384. The third-order valence-electron chi connectivity index (χ3n) is 4.50. The van der Waals surface area contributed by atoms with Gasteiger partial charge in [-0.2, -0.15) is 0 Å². The van der Waals surface area contributed by atoms with Gasteiger partial charge in [0.25, 0.3) is 17.5 Å². The number of carbonyl (C=O) groups excluding carboxylic acids is 3. The molecule has 0 aromatic heterocycles. The zero-order valence-electron chi connectivity index (χ0n) is 18.1. The van der Waals surface area contributed by atoms with Gasteiger partial charge < -0.3 is 15.4 Å². The van der Waals surface area contributed by atoms with Crippen LogP contribution in [0.25, 0.3) is 0 Å². The number of nitro groups is 1. The van der Waals surface area contributed by atoms with Gasteiger partial charge in [0.1, 0.15) is 6.04 Å². The van der Waals surface area contributed by atoms with Crippen LogP contribution in [0.2, 0.25) is 0 Å². The summed E-state index contributed by atoms with van der Waals surface area (Å²) in [6.45, 7) is 0.849. The maximum Gasteiger partial charge on any atom is 0.328 e. The first-order chi connectivity index (χ1) is 16.3. The Morgan fingerprint density at radius 1 is 1.00 bits per heavy atom. The molecule has 1 atom stereocenters. The van der Waals surface area contributed by atoms with Crippen LogP contribution in [0.1, 0.15) is 17.3 Å². The average Bonchev–Trinajstić information content (AvgIpc) is 2.84. The normalized spacial score (nSPS) is 11.2. The lowest BCUT2D eigenvalue weighted by Crippen LogP contribution is -2.40. The Hall–Kier alpha value is -4.18. The van der Waals surface area contributed by atoms with E-state index in [1.54, 1.807) is 12.1 Å². The molecule has 0 aliphatic carbocycles. The predicted octanol–water partition coefficient (Wildman–Crippen LogP) is 4.05. The molecule has 1 unspecified atom stereocenters. The molecular weight excluding hydrogens is 458 g/mol. The Labute approximate surface area is 199 Å². The summed E-state index contributed by atoms with van der Waals surface area (Å²) in [6, 6.07) is 20.9. The van der Waals surface area contributed by atoms with Gasteiger partial charge in [0.15, 0.2) is 6.61 Å². The fourth-order valence-electron chi connectivity index (χ4n) is 2.82. The van der Waals surface area contributed by atoms with Crippen molar-refractivity contribution in [1.29, 1.82) is 0 Å². The van der Waals surface area contributed by atoms with Gasteiger partial charge in [0, 0.05) is 27.5 Å². The number of non-ortho nitro benzene ring substituents is 1. The third kappa shape index (κ3) is 6.91. The van der Waals surface area contributed by atoms with Crippen molar-refractivity contribution in [2.75, 3.05) is 11.9 Å². The summed E-state index contributed by atoms with van der Waals surface area (Å²) in [4.78, 5) is 48.9. The van der Waals surface area contributed by atoms with E-state index >= 15 is 0 Å². The van der Waals surface area contributed by atoms with Gasteiger partial charge in [-0.05, 0) is 37.3 Å². The average molecular weight is 480 g/mol. The molecule has 0 spiro atoms. The first-order valence-electron chi connectivity index (χ1n) is 10.2. The second-order valence-corrected chi connectivity index (χ2v) is 8.19. The number of carbonyl (C=O) groups is 3. The molecule has 10 heteroatoms. The van der Waals surface area contributed by atoms with Crippen LogP contribution >= 0.6 is 11.8 Å². The first kappa shape index (κ1) is 24.5. The Balaban J connectivity index is 1.52. The number of esters is 1. The molecule has 3 aromatic carbocycles. The maximum atomic E-state index is 12.3. The van der Waals surface area contributed by atoms with Gasteiger partial charge in [-0.25, -0.2) is 4.79 Å². The monoisotopic (exact) mass is 479 g/mol. The minimum atomic E-state index is -1.07. The van der Waals surface area contributed by atoms with Crippen molar-refractivity contribution in [3.63, 3.8) is 0 Å². The lowest BCUT2D eigenvalue weighted by atomic mass is 10.2. The summed E-state index contributed by atoms with van der Waals surface area (Å²) < 4.78 is 5.01.